The monoisotopic (exact) mass is 510 g/mol. The molecule has 4 aromatic rings. The molecule has 1 saturated heterocycles. The third-order valence-electron chi connectivity index (χ3n) is 7.04. The van der Waals surface area contributed by atoms with Crippen molar-refractivity contribution in [3.05, 3.63) is 83.3 Å². The highest BCUT2D eigenvalue weighted by molar-refractivity contribution is 6.04. The molecule has 5 rings (SSSR count). The van der Waals surface area contributed by atoms with Gasteiger partial charge in [0, 0.05) is 74.2 Å². The summed E-state index contributed by atoms with van der Waals surface area (Å²) in [5, 5.41) is 14.0. The molecule has 2 aromatic carbocycles. The van der Waals surface area contributed by atoms with E-state index in [-0.39, 0.29) is 5.91 Å². The number of nitrogens with zero attached hydrogens (tertiary/aromatic N) is 5. The summed E-state index contributed by atoms with van der Waals surface area (Å²) in [5.41, 5.74) is 7.19. The van der Waals surface area contributed by atoms with Crippen LogP contribution in [0.5, 0.6) is 0 Å². The normalized spacial score (nSPS) is 14.7. The Kier molecular flexibility index (Phi) is 7.48. The number of anilines is 3. The minimum atomic E-state index is -0.142. The number of rotatable bonds is 7. The van der Waals surface area contributed by atoms with Crippen LogP contribution in [0.4, 0.5) is 17.3 Å². The van der Waals surface area contributed by atoms with Crippen molar-refractivity contribution in [2.24, 2.45) is 7.05 Å². The van der Waals surface area contributed by atoms with E-state index in [9.17, 15) is 4.79 Å². The molecule has 0 spiro atoms. The van der Waals surface area contributed by atoms with Crippen LogP contribution in [0.15, 0.2) is 61.1 Å². The lowest BCUT2D eigenvalue weighted by molar-refractivity contribution is 0.102. The van der Waals surface area contributed by atoms with Gasteiger partial charge in [-0.3, -0.25) is 14.4 Å². The molecule has 1 atom stereocenters. The van der Waals surface area contributed by atoms with Crippen LogP contribution < -0.4 is 16.0 Å². The fourth-order valence-corrected chi connectivity index (χ4v) is 4.68. The Bertz CT molecular complexity index is 1420. The number of benzene rings is 2. The second-order valence-electron chi connectivity index (χ2n) is 9.82. The Morgan fingerprint density at radius 1 is 1.03 bits per heavy atom. The van der Waals surface area contributed by atoms with Crippen LogP contribution in [0, 0.1) is 13.8 Å². The van der Waals surface area contributed by atoms with Crippen molar-refractivity contribution in [1.29, 1.82) is 0 Å². The lowest BCUT2D eigenvalue weighted by Gasteiger charge is -2.33. The Morgan fingerprint density at radius 3 is 2.50 bits per heavy atom. The molecule has 9 heteroatoms. The molecule has 3 N–H and O–H groups in total. The van der Waals surface area contributed by atoms with E-state index in [0.717, 1.165) is 59.9 Å². The van der Waals surface area contributed by atoms with Crippen molar-refractivity contribution in [3.8, 4) is 11.3 Å². The van der Waals surface area contributed by atoms with Gasteiger partial charge in [0.05, 0.1) is 11.9 Å². The molecule has 38 heavy (non-hydrogen) atoms. The summed E-state index contributed by atoms with van der Waals surface area (Å²) in [5.74, 6) is 0.342. The lowest BCUT2D eigenvalue weighted by Crippen LogP contribution is -2.44. The molecular weight excluding hydrogens is 476 g/mol. The smallest absolute Gasteiger partial charge is 0.255 e. The molecule has 0 radical (unpaired) electrons. The van der Waals surface area contributed by atoms with Crippen molar-refractivity contribution in [2.75, 3.05) is 36.8 Å². The number of carbonyl (C=O) groups is 1. The molecule has 2 aromatic heterocycles. The summed E-state index contributed by atoms with van der Waals surface area (Å²) in [6, 6.07) is 14.0. The predicted octanol–water partition coefficient (Wildman–Crippen LogP) is 4.46. The van der Waals surface area contributed by atoms with Crippen LogP contribution in [0.25, 0.3) is 11.3 Å². The van der Waals surface area contributed by atoms with E-state index in [2.05, 4.69) is 61.0 Å². The highest BCUT2D eigenvalue weighted by atomic mass is 16.1. The molecule has 3 heterocycles. The van der Waals surface area contributed by atoms with Gasteiger partial charge in [-0.15, -0.1) is 0 Å². The van der Waals surface area contributed by atoms with Crippen molar-refractivity contribution in [2.45, 2.75) is 26.8 Å². The van der Waals surface area contributed by atoms with E-state index in [1.165, 1.54) is 5.56 Å². The molecule has 0 bridgehead atoms. The van der Waals surface area contributed by atoms with Gasteiger partial charge >= 0.3 is 0 Å². The zero-order valence-electron chi connectivity index (χ0n) is 22.3. The number of piperazine rings is 1. The molecule has 1 amide bonds. The molecular formula is C29H34N8O. The summed E-state index contributed by atoms with van der Waals surface area (Å²) < 4.78 is 1.75. The molecule has 1 fully saturated rings. The van der Waals surface area contributed by atoms with Gasteiger partial charge in [-0.1, -0.05) is 12.1 Å². The number of amides is 1. The average molecular weight is 511 g/mol. The summed E-state index contributed by atoms with van der Waals surface area (Å²) >= 11 is 0. The second-order valence-corrected chi connectivity index (χ2v) is 9.82. The van der Waals surface area contributed by atoms with Gasteiger partial charge in [0.25, 0.3) is 5.91 Å². The van der Waals surface area contributed by atoms with Crippen LogP contribution in [-0.4, -0.2) is 56.7 Å². The Morgan fingerprint density at radius 2 is 1.79 bits per heavy atom. The fourth-order valence-electron chi connectivity index (χ4n) is 4.68. The number of hydrogen-bond donors (Lipinski definition) is 3. The average Bonchev–Trinajstić information content (AvgIpc) is 3.37. The second kappa shape index (κ2) is 11.1. The van der Waals surface area contributed by atoms with Gasteiger partial charge < -0.3 is 16.0 Å². The first-order valence-corrected chi connectivity index (χ1v) is 12.9. The lowest BCUT2D eigenvalue weighted by atomic mass is 10.0. The van der Waals surface area contributed by atoms with Gasteiger partial charge in [0.1, 0.15) is 0 Å². The number of carbonyl (C=O) groups excluding carboxylic acids is 1. The largest absolute Gasteiger partial charge is 0.324 e. The van der Waals surface area contributed by atoms with Gasteiger partial charge in [-0.2, -0.15) is 5.10 Å². The Labute approximate surface area is 223 Å². The molecule has 1 aliphatic heterocycles. The van der Waals surface area contributed by atoms with E-state index >= 15 is 0 Å². The molecule has 0 aliphatic carbocycles. The van der Waals surface area contributed by atoms with Crippen molar-refractivity contribution >= 4 is 23.2 Å². The summed E-state index contributed by atoms with van der Waals surface area (Å²) in [7, 11) is 1.88. The van der Waals surface area contributed by atoms with Crippen LogP contribution in [0.3, 0.4) is 0 Å². The minimum absolute atomic E-state index is 0.142. The maximum atomic E-state index is 13.1. The Balaban J connectivity index is 1.26. The van der Waals surface area contributed by atoms with E-state index in [1.54, 1.807) is 29.2 Å². The zero-order chi connectivity index (χ0) is 26.6. The van der Waals surface area contributed by atoms with E-state index in [0.29, 0.717) is 17.6 Å². The van der Waals surface area contributed by atoms with Crippen LogP contribution in [-0.2, 0) is 7.05 Å². The first-order valence-electron chi connectivity index (χ1n) is 12.9. The summed E-state index contributed by atoms with van der Waals surface area (Å²) in [6.45, 7) is 10.3. The number of aryl methyl sites for hydroxylation is 3. The van der Waals surface area contributed by atoms with E-state index < -0.39 is 0 Å². The predicted molar refractivity (Wildman–Crippen MR) is 151 cm³/mol. The molecule has 1 aliphatic rings. The molecule has 9 nitrogen and oxygen atoms in total. The van der Waals surface area contributed by atoms with Crippen LogP contribution in [0.1, 0.15) is 40.0 Å². The molecule has 196 valence electrons. The first-order chi connectivity index (χ1) is 18.4. The maximum absolute atomic E-state index is 13.1. The first kappa shape index (κ1) is 25.6. The quantitative estimate of drug-likeness (QED) is 0.338. The van der Waals surface area contributed by atoms with Crippen molar-refractivity contribution < 1.29 is 4.79 Å². The molecule has 1 unspecified atom stereocenters. The van der Waals surface area contributed by atoms with Gasteiger partial charge in [0.2, 0.25) is 5.95 Å². The van der Waals surface area contributed by atoms with Crippen molar-refractivity contribution in [3.63, 3.8) is 0 Å². The van der Waals surface area contributed by atoms with Crippen molar-refractivity contribution in [1.82, 2.24) is 30.0 Å². The maximum Gasteiger partial charge on any atom is 0.255 e. The van der Waals surface area contributed by atoms with Gasteiger partial charge in [-0.05, 0) is 67.8 Å². The standard InChI is InChI=1S/C29H34N8O/c1-19-5-6-23(21(3)37-13-11-30-12-14-37)15-26(19)34-28(38)22-7-9-25(10-8-22)33-29-31-16-20(2)27(35-29)24-17-32-36(4)18-24/h5-10,15-18,21,30H,11-14H2,1-4H3,(H,34,38)(H,31,33,35). The number of aromatic nitrogens is 4. The Hall–Kier alpha value is -4.08. The molecule has 0 saturated carbocycles. The number of hydrogen-bond acceptors (Lipinski definition) is 7. The summed E-state index contributed by atoms with van der Waals surface area (Å²) in [4.78, 5) is 24.6. The van der Waals surface area contributed by atoms with Crippen LogP contribution in [0.2, 0.25) is 0 Å². The van der Waals surface area contributed by atoms with Gasteiger partial charge in [0.15, 0.2) is 0 Å². The van der Waals surface area contributed by atoms with E-state index in [4.69, 9.17) is 0 Å². The minimum Gasteiger partial charge on any atom is -0.324 e. The fraction of sp³-hybridized carbons (Fsp3) is 0.310. The van der Waals surface area contributed by atoms with E-state index in [1.807, 2.05) is 39.2 Å². The third kappa shape index (κ3) is 5.74. The summed E-state index contributed by atoms with van der Waals surface area (Å²) in [6.07, 6.45) is 5.50. The topological polar surface area (TPSA) is 100 Å². The highest BCUT2D eigenvalue weighted by Gasteiger charge is 2.19. The highest BCUT2D eigenvalue weighted by Crippen LogP contribution is 2.27. The SMILES string of the molecule is Cc1ccc(C(C)N2CCNCC2)cc1NC(=O)c1ccc(Nc2ncc(C)c(-c3cnn(C)c3)n2)cc1. The van der Waals surface area contributed by atoms with Gasteiger partial charge in [-0.25, -0.2) is 9.97 Å². The van der Waals surface area contributed by atoms with Crippen LogP contribution >= 0.6 is 0 Å². The third-order valence-corrected chi connectivity index (χ3v) is 7.04. The number of nitrogens with one attached hydrogen (secondary N) is 3. The zero-order valence-corrected chi connectivity index (χ0v) is 22.3.